The Bertz CT molecular complexity index is 229. The molecule has 4 heteroatoms. The van der Waals surface area contributed by atoms with E-state index in [4.69, 9.17) is 4.74 Å². The summed E-state index contributed by atoms with van der Waals surface area (Å²) in [6.07, 6.45) is 3.14. The molecule has 2 heterocycles. The second-order valence-electron chi connectivity index (χ2n) is 5.68. The topological polar surface area (TPSA) is 35.9 Å². The van der Waals surface area contributed by atoms with Gasteiger partial charge in [-0.3, -0.25) is 4.90 Å². The van der Waals surface area contributed by atoms with Crippen LogP contribution in [0.2, 0.25) is 0 Å². The quantitative estimate of drug-likeness (QED) is 0.777. The number of ether oxygens (including phenoxy) is 1. The van der Waals surface area contributed by atoms with E-state index >= 15 is 0 Å². The molecular weight excluding hydrogens is 216 g/mol. The molecule has 0 aromatic heterocycles. The average molecular weight is 242 g/mol. The summed E-state index contributed by atoms with van der Waals surface area (Å²) in [5, 5.41) is 9.98. The number of hydrogen-bond donors (Lipinski definition) is 1. The van der Waals surface area contributed by atoms with Crippen molar-refractivity contribution in [3.63, 3.8) is 0 Å². The van der Waals surface area contributed by atoms with Crippen molar-refractivity contribution in [2.45, 2.75) is 31.4 Å². The van der Waals surface area contributed by atoms with Gasteiger partial charge in [0.2, 0.25) is 0 Å². The highest BCUT2D eigenvalue weighted by Gasteiger charge is 2.29. The van der Waals surface area contributed by atoms with Gasteiger partial charge in [-0.15, -0.1) is 0 Å². The van der Waals surface area contributed by atoms with Gasteiger partial charge in [0.1, 0.15) is 0 Å². The van der Waals surface area contributed by atoms with Crippen LogP contribution in [0.3, 0.4) is 0 Å². The van der Waals surface area contributed by atoms with E-state index in [9.17, 15) is 5.11 Å². The minimum Gasteiger partial charge on any atom is -0.391 e. The zero-order valence-electron chi connectivity index (χ0n) is 11.1. The first-order valence-electron chi connectivity index (χ1n) is 6.81. The number of aliphatic hydroxyl groups is 1. The Balaban J connectivity index is 1.77. The summed E-state index contributed by atoms with van der Waals surface area (Å²) in [5.74, 6) is 0.783. The first kappa shape index (κ1) is 13.3. The molecule has 0 spiro atoms. The monoisotopic (exact) mass is 242 g/mol. The predicted octanol–water partition coefficient (Wildman–Crippen LogP) is 0.410. The van der Waals surface area contributed by atoms with Crippen molar-refractivity contribution < 1.29 is 9.84 Å². The molecule has 2 atom stereocenters. The Morgan fingerprint density at radius 1 is 1.29 bits per heavy atom. The molecule has 2 saturated heterocycles. The molecule has 0 aromatic rings. The SMILES string of the molecule is CN1CCC(CN(C)C2COCCC2O)CC1. The minimum absolute atomic E-state index is 0.198. The Kier molecular flexibility index (Phi) is 4.79. The van der Waals surface area contributed by atoms with Crippen molar-refractivity contribution in [1.82, 2.24) is 9.80 Å². The fourth-order valence-electron chi connectivity index (χ4n) is 2.92. The molecule has 0 saturated carbocycles. The number of nitrogens with zero attached hydrogens (tertiary/aromatic N) is 2. The normalized spacial score (nSPS) is 33.2. The molecule has 4 nitrogen and oxygen atoms in total. The summed E-state index contributed by atoms with van der Waals surface area (Å²) in [6, 6.07) is 0.198. The molecule has 2 fully saturated rings. The summed E-state index contributed by atoms with van der Waals surface area (Å²) in [4.78, 5) is 4.70. The van der Waals surface area contributed by atoms with Gasteiger partial charge < -0.3 is 14.7 Å². The number of likely N-dealkylation sites (N-methyl/N-ethyl adjacent to an activating group) is 1. The van der Waals surface area contributed by atoms with Crippen molar-refractivity contribution in [3.05, 3.63) is 0 Å². The van der Waals surface area contributed by atoms with Crippen LogP contribution in [-0.4, -0.2) is 74.0 Å². The van der Waals surface area contributed by atoms with E-state index in [2.05, 4.69) is 23.9 Å². The molecule has 0 aliphatic carbocycles. The van der Waals surface area contributed by atoms with Gasteiger partial charge in [0, 0.05) is 13.2 Å². The van der Waals surface area contributed by atoms with Gasteiger partial charge in [0.05, 0.1) is 18.8 Å². The molecule has 1 N–H and O–H groups in total. The lowest BCUT2D eigenvalue weighted by molar-refractivity contribution is -0.0587. The van der Waals surface area contributed by atoms with Gasteiger partial charge in [0.25, 0.3) is 0 Å². The van der Waals surface area contributed by atoms with Crippen molar-refractivity contribution in [2.75, 3.05) is 46.9 Å². The van der Waals surface area contributed by atoms with Crippen molar-refractivity contribution >= 4 is 0 Å². The van der Waals surface area contributed by atoms with E-state index in [0.717, 1.165) is 18.9 Å². The van der Waals surface area contributed by atoms with E-state index in [0.29, 0.717) is 13.2 Å². The number of rotatable bonds is 3. The highest BCUT2D eigenvalue weighted by Crippen LogP contribution is 2.20. The van der Waals surface area contributed by atoms with Gasteiger partial charge in [-0.2, -0.15) is 0 Å². The van der Waals surface area contributed by atoms with Gasteiger partial charge >= 0.3 is 0 Å². The second-order valence-corrected chi connectivity index (χ2v) is 5.68. The smallest absolute Gasteiger partial charge is 0.0739 e. The standard InChI is InChI=1S/C13H26N2O2/c1-14-6-3-11(4-7-14)9-15(2)12-10-17-8-5-13(12)16/h11-13,16H,3-10H2,1-2H3. The molecule has 2 aliphatic rings. The third kappa shape index (κ3) is 3.65. The van der Waals surface area contributed by atoms with E-state index in [1.807, 2.05) is 0 Å². The molecule has 2 rings (SSSR count). The fourth-order valence-corrected chi connectivity index (χ4v) is 2.92. The predicted molar refractivity (Wildman–Crippen MR) is 68.1 cm³/mol. The molecule has 17 heavy (non-hydrogen) atoms. The lowest BCUT2D eigenvalue weighted by Crippen LogP contribution is -2.50. The van der Waals surface area contributed by atoms with Crippen LogP contribution in [0.5, 0.6) is 0 Å². The molecule has 2 aliphatic heterocycles. The first-order chi connectivity index (χ1) is 8.16. The van der Waals surface area contributed by atoms with Crippen LogP contribution in [0.25, 0.3) is 0 Å². The molecule has 100 valence electrons. The molecular formula is C13H26N2O2. The molecule has 0 aromatic carbocycles. The maximum absolute atomic E-state index is 9.98. The first-order valence-corrected chi connectivity index (χ1v) is 6.81. The maximum Gasteiger partial charge on any atom is 0.0739 e. The fraction of sp³-hybridized carbons (Fsp3) is 1.00. The van der Waals surface area contributed by atoms with Crippen LogP contribution < -0.4 is 0 Å². The molecule has 0 amide bonds. The van der Waals surface area contributed by atoms with Crippen LogP contribution in [0, 0.1) is 5.92 Å². The highest BCUT2D eigenvalue weighted by atomic mass is 16.5. The number of likely N-dealkylation sites (tertiary alicyclic amines) is 1. The minimum atomic E-state index is -0.208. The largest absolute Gasteiger partial charge is 0.391 e. The number of aliphatic hydroxyl groups excluding tert-OH is 1. The molecule has 0 radical (unpaired) electrons. The van der Waals surface area contributed by atoms with Gasteiger partial charge in [-0.25, -0.2) is 0 Å². The van der Waals surface area contributed by atoms with Crippen molar-refractivity contribution in [2.24, 2.45) is 5.92 Å². The zero-order chi connectivity index (χ0) is 12.3. The van der Waals surface area contributed by atoms with E-state index in [-0.39, 0.29) is 12.1 Å². The maximum atomic E-state index is 9.98. The highest BCUT2D eigenvalue weighted by molar-refractivity contribution is 4.82. The second kappa shape index (κ2) is 6.14. The zero-order valence-corrected chi connectivity index (χ0v) is 11.1. The summed E-state index contributed by atoms with van der Waals surface area (Å²) in [6.45, 7) is 4.91. The lowest BCUT2D eigenvalue weighted by Gasteiger charge is -2.38. The number of hydrogen-bond acceptors (Lipinski definition) is 4. The third-order valence-electron chi connectivity index (χ3n) is 4.24. The Morgan fingerprint density at radius 2 is 2.00 bits per heavy atom. The Labute approximate surface area is 105 Å². The average Bonchev–Trinajstić information content (AvgIpc) is 2.32. The Hall–Kier alpha value is -0.160. The molecule has 2 unspecified atom stereocenters. The number of piperidine rings is 1. The summed E-state index contributed by atoms with van der Waals surface area (Å²) >= 11 is 0. The summed E-state index contributed by atoms with van der Waals surface area (Å²) in [7, 11) is 4.32. The molecule has 0 bridgehead atoms. The lowest BCUT2D eigenvalue weighted by atomic mass is 9.95. The van der Waals surface area contributed by atoms with Crippen LogP contribution >= 0.6 is 0 Å². The van der Waals surface area contributed by atoms with Crippen LogP contribution in [-0.2, 0) is 4.74 Å². The van der Waals surface area contributed by atoms with Gasteiger partial charge in [-0.1, -0.05) is 0 Å². The Morgan fingerprint density at radius 3 is 2.65 bits per heavy atom. The summed E-state index contributed by atoms with van der Waals surface area (Å²) in [5.41, 5.74) is 0. The third-order valence-corrected chi connectivity index (χ3v) is 4.24. The van der Waals surface area contributed by atoms with Crippen LogP contribution in [0.4, 0.5) is 0 Å². The van der Waals surface area contributed by atoms with Gasteiger partial charge in [0.15, 0.2) is 0 Å². The van der Waals surface area contributed by atoms with E-state index in [1.165, 1.54) is 25.9 Å². The van der Waals surface area contributed by atoms with Crippen molar-refractivity contribution in [1.29, 1.82) is 0 Å². The summed E-state index contributed by atoms with van der Waals surface area (Å²) < 4.78 is 5.47. The van der Waals surface area contributed by atoms with Crippen molar-refractivity contribution in [3.8, 4) is 0 Å². The van der Waals surface area contributed by atoms with Crippen LogP contribution in [0.1, 0.15) is 19.3 Å². The van der Waals surface area contributed by atoms with Gasteiger partial charge in [-0.05, 0) is 52.4 Å². The van der Waals surface area contributed by atoms with E-state index < -0.39 is 0 Å². The van der Waals surface area contributed by atoms with E-state index in [1.54, 1.807) is 0 Å². The van der Waals surface area contributed by atoms with Crippen LogP contribution in [0.15, 0.2) is 0 Å².